The summed E-state index contributed by atoms with van der Waals surface area (Å²) in [6.07, 6.45) is 0. The molecule has 0 fully saturated rings. The minimum absolute atomic E-state index is 0.0574. The molecule has 3 aromatic carbocycles. The third-order valence-corrected chi connectivity index (χ3v) is 6.67. The van der Waals surface area contributed by atoms with Gasteiger partial charge in [0.1, 0.15) is 11.6 Å². The summed E-state index contributed by atoms with van der Waals surface area (Å²) in [4.78, 5) is 11.0. The second-order valence-electron chi connectivity index (χ2n) is 6.73. The van der Waals surface area contributed by atoms with Crippen LogP contribution >= 0.6 is 0 Å². The third-order valence-electron chi connectivity index (χ3n) is 4.74. The van der Waals surface area contributed by atoms with Crippen LogP contribution in [-0.4, -0.2) is 23.8 Å². The van der Waals surface area contributed by atoms with Crippen LogP contribution in [0.25, 0.3) is 0 Å². The SMILES string of the molecule is CC(c1ccc(F)cc1)N(Cc1ccc(C(=O)O)cc1)S(=O)(=O)c1ccc(F)cc1. The summed E-state index contributed by atoms with van der Waals surface area (Å²) in [6, 6.07) is 15.2. The Morgan fingerprint density at radius 2 is 1.40 bits per heavy atom. The minimum atomic E-state index is -4.04. The smallest absolute Gasteiger partial charge is 0.335 e. The highest BCUT2D eigenvalue weighted by Gasteiger charge is 2.30. The molecule has 0 saturated carbocycles. The maximum atomic E-state index is 13.3. The van der Waals surface area contributed by atoms with E-state index >= 15 is 0 Å². The predicted octanol–water partition coefficient (Wildman–Crippen LogP) is 4.62. The van der Waals surface area contributed by atoms with Crippen molar-refractivity contribution in [2.75, 3.05) is 0 Å². The molecular weight excluding hydrogens is 412 g/mol. The first-order chi connectivity index (χ1) is 14.2. The van der Waals surface area contributed by atoms with Crippen molar-refractivity contribution in [1.29, 1.82) is 0 Å². The zero-order chi connectivity index (χ0) is 21.9. The van der Waals surface area contributed by atoms with Crippen molar-refractivity contribution in [3.8, 4) is 0 Å². The fourth-order valence-electron chi connectivity index (χ4n) is 3.01. The quantitative estimate of drug-likeness (QED) is 0.593. The number of benzene rings is 3. The molecule has 1 atom stereocenters. The van der Waals surface area contributed by atoms with E-state index in [1.165, 1.54) is 65.0 Å². The van der Waals surface area contributed by atoms with Crippen LogP contribution in [0.1, 0.15) is 34.5 Å². The number of rotatable bonds is 7. The average molecular weight is 431 g/mol. The van der Waals surface area contributed by atoms with Gasteiger partial charge in [0.15, 0.2) is 0 Å². The lowest BCUT2D eigenvalue weighted by molar-refractivity contribution is 0.0697. The Hall–Kier alpha value is -3.10. The van der Waals surface area contributed by atoms with Gasteiger partial charge in [0.05, 0.1) is 10.5 Å². The topological polar surface area (TPSA) is 74.7 Å². The van der Waals surface area contributed by atoms with E-state index in [4.69, 9.17) is 5.11 Å². The summed E-state index contributed by atoms with van der Waals surface area (Å²) in [5.74, 6) is -2.09. The molecule has 156 valence electrons. The lowest BCUT2D eigenvalue weighted by Crippen LogP contribution is -2.33. The number of hydrogen-bond donors (Lipinski definition) is 1. The lowest BCUT2D eigenvalue weighted by atomic mass is 10.1. The third kappa shape index (κ3) is 4.72. The molecule has 0 bridgehead atoms. The van der Waals surface area contributed by atoms with Gasteiger partial charge < -0.3 is 5.11 Å². The molecule has 1 unspecified atom stereocenters. The summed E-state index contributed by atoms with van der Waals surface area (Å²) < 4.78 is 54.5. The monoisotopic (exact) mass is 431 g/mol. The van der Waals surface area contributed by atoms with Crippen molar-refractivity contribution in [1.82, 2.24) is 4.31 Å². The second kappa shape index (κ2) is 8.73. The van der Waals surface area contributed by atoms with E-state index in [1.807, 2.05) is 0 Å². The number of carboxylic acid groups (broad SMARTS) is 1. The molecule has 30 heavy (non-hydrogen) atoms. The van der Waals surface area contributed by atoms with Gasteiger partial charge in [-0.15, -0.1) is 0 Å². The molecule has 0 aliphatic heterocycles. The first-order valence-corrected chi connectivity index (χ1v) is 10.5. The summed E-state index contributed by atoms with van der Waals surface area (Å²) in [5, 5.41) is 9.05. The molecule has 0 heterocycles. The highest BCUT2D eigenvalue weighted by Crippen LogP contribution is 2.30. The van der Waals surface area contributed by atoms with Crippen LogP contribution in [0.4, 0.5) is 8.78 Å². The van der Waals surface area contributed by atoms with Crippen LogP contribution in [0, 0.1) is 11.6 Å². The Labute approximate surface area is 173 Å². The van der Waals surface area contributed by atoms with Gasteiger partial charge in [-0.2, -0.15) is 4.31 Å². The van der Waals surface area contributed by atoms with Crippen molar-refractivity contribution in [3.63, 3.8) is 0 Å². The maximum absolute atomic E-state index is 13.3. The fraction of sp³-hybridized carbons (Fsp3) is 0.136. The van der Waals surface area contributed by atoms with Crippen LogP contribution in [0.2, 0.25) is 0 Å². The Balaban J connectivity index is 2.02. The molecule has 0 radical (unpaired) electrons. The summed E-state index contributed by atoms with van der Waals surface area (Å²) in [6.45, 7) is 1.61. The molecule has 0 aromatic heterocycles. The van der Waals surface area contributed by atoms with Gasteiger partial charge in [0.25, 0.3) is 0 Å². The Morgan fingerprint density at radius 1 is 0.900 bits per heavy atom. The molecule has 3 rings (SSSR count). The normalized spacial score (nSPS) is 12.7. The van der Waals surface area contributed by atoms with E-state index in [0.29, 0.717) is 11.1 Å². The Bertz CT molecular complexity index is 1130. The summed E-state index contributed by atoms with van der Waals surface area (Å²) >= 11 is 0. The van der Waals surface area contributed by atoms with E-state index in [0.717, 1.165) is 12.1 Å². The van der Waals surface area contributed by atoms with Crippen molar-refractivity contribution in [2.24, 2.45) is 0 Å². The number of carbonyl (C=O) groups is 1. The van der Waals surface area contributed by atoms with Crippen LogP contribution in [0.3, 0.4) is 0 Å². The van der Waals surface area contributed by atoms with Gasteiger partial charge in [-0.3, -0.25) is 0 Å². The van der Waals surface area contributed by atoms with Crippen LogP contribution in [0.5, 0.6) is 0 Å². The van der Waals surface area contributed by atoms with Gasteiger partial charge in [0.2, 0.25) is 10.0 Å². The Morgan fingerprint density at radius 3 is 1.90 bits per heavy atom. The molecule has 8 heteroatoms. The number of aromatic carboxylic acids is 1. The lowest BCUT2D eigenvalue weighted by Gasteiger charge is -2.29. The van der Waals surface area contributed by atoms with Crippen LogP contribution < -0.4 is 0 Å². The highest BCUT2D eigenvalue weighted by atomic mass is 32.2. The van der Waals surface area contributed by atoms with Gasteiger partial charge in [-0.05, 0) is 66.6 Å². The number of sulfonamides is 1. The first-order valence-electron chi connectivity index (χ1n) is 9.03. The van der Waals surface area contributed by atoms with Gasteiger partial charge in [-0.25, -0.2) is 22.0 Å². The summed E-state index contributed by atoms with van der Waals surface area (Å²) in [5.41, 5.74) is 1.22. The standard InChI is InChI=1S/C22H19F2NO4S/c1-15(17-6-8-19(23)9-7-17)25(14-16-2-4-18(5-3-16)22(26)27)30(28,29)21-12-10-20(24)11-13-21/h2-13,15H,14H2,1H3,(H,26,27). The van der Waals surface area contributed by atoms with Crippen molar-refractivity contribution in [2.45, 2.75) is 24.4 Å². The minimum Gasteiger partial charge on any atom is -0.478 e. The highest BCUT2D eigenvalue weighted by molar-refractivity contribution is 7.89. The Kier molecular flexibility index (Phi) is 6.28. The van der Waals surface area contributed by atoms with E-state index in [-0.39, 0.29) is 17.0 Å². The van der Waals surface area contributed by atoms with Crippen molar-refractivity contribution < 1.29 is 27.1 Å². The maximum Gasteiger partial charge on any atom is 0.335 e. The first kappa shape index (κ1) is 21.6. The number of halogens is 2. The fourth-order valence-corrected chi connectivity index (χ4v) is 4.62. The number of carboxylic acids is 1. The molecule has 1 N–H and O–H groups in total. The molecule has 0 amide bonds. The molecular formula is C22H19F2NO4S. The zero-order valence-corrected chi connectivity index (χ0v) is 16.8. The van der Waals surface area contributed by atoms with Crippen molar-refractivity contribution >= 4 is 16.0 Å². The molecule has 0 aliphatic carbocycles. The molecule has 0 aliphatic rings. The molecule has 0 spiro atoms. The average Bonchev–Trinajstić information content (AvgIpc) is 2.72. The van der Waals surface area contributed by atoms with Gasteiger partial charge >= 0.3 is 5.97 Å². The van der Waals surface area contributed by atoms with Gasteiger partial charge in [-0.1, -0.05) is 24.3 Å². The summed E-state index contributed by atoms with van der Waals surface area (Å²) in [7, 11) is -4.04. The molecule has 5 nitrogen and oxygen atoms in total. The number of hydrogen-bond acceptors (Lipinski definition) is 3. The predicted molar refractivity (Wildman–Crippen MR) is 107 cm³/mol. The van der Waals surface area contributed by atoms with Gasteiger partial charge in [0, 0.05) is 12.6 Å². The van der Waals surface area contributed by atoms with Crippen LogP contribution in [-0.2, 0) is 16.6 Å². The van der Waals surface area contributed by atoms with E-state index in [2.05, 4.69) is 0 Å². The molecule has 0 saturated heterocycles. The zero-order valence-electron chi connectivity index (χ0n) is 16.0. The van der Waals surface area contributed by atoms with Crippen LogP contribution in [0.15, 0.2) is 77.7 Å². The van der Waals surface area contributed by atoms with E-state index in [1.54, 1.807) is 6.92 Å². The van der Waals surface area contributed by atoms with Crippen molar-refractivity contribution in [3.05, 3.63) is 101 Å². The van der Waals surface area contributed by atoms with E-state index in [9.17, 15) is 22.0 Å². The van der Waals surface area contributed by atoms with E-state index < -0.39 is 33.7 Å². The molecule has 3 aromatic rings. The number of nitrogens with zero attached hydrogens (tertiary/aromatic N) is 1. The largest absolute Gasteiger partial charge is 0.478 e. The second-order valence-corrected chi connectivity index (χ2v) is 8.62.